The van der Waals surface area contributed by atoms with Gasteiger partial charge in [-0.3, -0.25) is 9.59 Å². The van der Waals surface area contributed by atoms with Crippen molar-refractivity contribution in [2.45, 2.75) is 0 Å². The number of primary amides is 1. The third-order valence-electron chi connectivity index (χ3n) is 3.29. The number of rotatable bonds is 3. The quantitative estimate of drug-likeness (QED) is 0.675. The summed E-state index contributed by atoms with van der Waals surface area (Å²) in [5.41, 5.74) is 5.57. The van der Waals surface area contributed by atoms with Crippen LogP contribution in [0.2, 0.25) is 0 Å². The van der Waals surface area contributed by atoms with Gasteiger partial charge in [0.2, 0.25) is 0 Å². The van der Waals surface area contributed by atoms with Crippen molar-refractivity contribution < 1.29 is 9.59 Å². The number of hydrogen-bond donors (Lipinski definition) is 3. The molecular weight excluding hydrogens is 296 g/mol. The lowest BCUT2D eigenvalue weighted by Gasteiger charge is -2.09. The highest BCUT2D eigenvalue weighted by Crippen LogP contribution is 2.18. The molecular formula is C16H12N4O3. The lowest BCUT2D eigenvalue weighted by molar-refractivity contribution is 0.100. The molecule has 2 aromatic carbocycles. The summed E-state index contributed by atoms with van der Waals surface area (Å²) in [6.07, 6.45) is 0. The van der Waals surface area contributed by atoms with Crippen molar-refractivity contribution in [1.29, 1.82) is 0 Å². The molecule has 114 valence electrons. The predicted octanol–water partition coefficient (Wildman–Crippen LogP) is 1.27. The highest BCUT2D eigenvalue weighted by atomic mass is 16.2. The molecule has 2 amide bonds. The molecule has 3 rings (SSSR count). The van der Waals surface area contributed by atoms with Crippen LogP contribution in [0.5, 0.6) is 0 Å². The van der Waals surface area contributed by atoms with Gasteiger partial charge in [0, 0.05) is 5.39 Å². The molecule has 1 heterocycles. The first kappa shape index (κ1) is 14.5. The molecule has 0 saturated heterocycles. The van der Waals surface area contributed by atoms with Crippen LogP contribution in [-0.4, -0.2) is 21.8 Å². The van der Waals surface area contributed by atoms with Gasteiger partial charge in [-0.25, -0.2) is 4.79 Å². The Morgan fingerprint density at radius 3 is 2.52 bits per heavy atom. The maximum absolute atomic E-state index is 12.5. The normalized spacial score (nSPS) is 10.4. The SMILES string of the molecule is NC(=O)c1ccccc1NC(=O)c1nc(=O)[nH]c2ccccc12. The maximum atomic E-state index is 12.5. The molecule has 3 aromatic rings. The molecule has 0 aliphatic rings. The summed E-state index contributed by atoms with van der Waals surface area (Å²) < 4.78 is 0. The summed E-state index contributed by atoms with van der Waals surface area (Å²) in [5, 5.41) is 3.07. The number of fused-ring (bicyclic) bond motifs is 1. The molecule has 0 spiro atoms. The molecule has 0 atom stereocenters. The number of benzene rings is 2. The Bertz CT molecular complexity index is 978. The zero-order valence-electron chi connectivity index (χ0n) is 11.9. The van der Waals surface area contributed by atoms with Crippen LogP contribution in [-0.2, 0) is 0 Å². The number of aromatic nitrogens is 2. The lowest BCUT2D eigenvalue weighted by atomic mass is 10.1. The van der Waals surface area contributed by atoms with E-state index in [0.717, 1.165) is 0 Å². The van der Waals surface area contributed by atoms with E-state index in [-0.39, 0.29) is 16.9 Å². The maximum Gasteiger partial charge on any atom is 0.346 e. The Balaban J connectivity index is 2.06. The van der Waals surface area contributed by atoms with Gasteiger partial charge in [-0.05, 0) is 18.2 Å². The lowest BCUT2D eigenvalue weighted by Crippen LogP contribution is -2.23. The molecule has 7 nitrogen and oxygen atoms in total. The van der Waals surface area contributed by atoms with Crippen molar-refractivity contribution in [2.24, 2.45) is 5.73 Å². The smallest absolute Gasteiger partial charge is 0.346 e. The van der Waals surface area contributed by atoms with Gasteiger partial charge in [0.15, 0.2) is 0 Å². The van der Waals surface area contributed by atoms with E-state index < -0.39 is 17.5 Å². The van der Waals surface area contributed by atoms with E-state index in [9.17, 15) is 14.4 Å². The fourth-order valence-corrected chi connectivity index (χ4v) is 2.27. The molecule has 4 N–H and O–H groups in total. The minimum absolute atomic E-state index is 0.0244. The van der Waals surface area contributed by atoms with Crippen LogP contribution in [0.4, 0.5) is 5.69 Å². The number of anilines is 1. The van der Waals surface area contributed by atoms with E-state index >= 15 is 0 Å². The number of carbonyl (C=O) groups is 2. The molecule has 1 aromatic heterocycles. The van der Waals surface area contributed by atoms with Crippen molar-refractivity contribution >= 4 is 28.4 Å². The second-order valence-corrected chi connectivity index (χ2v) is 4.80. The average molecular weight is 308 g/mol. The van der Waals surface area contributed by atoms with Gasteiger partial charge in [-0.1, -0.05) is 30.3 Å². The number of aromatic amines is 1. The highest BCUT2D eigenvalue weighted by molar-refractivity contribution is 6.12. The van der Waals surface area contributed by atoms with Crippen molar-refractivity contribution in [3.63, 3.8) is 0 Å². The van der Waals surface area contributed by atoms with Crippen molar-refractivity contribution in [1.82, 2.24) is 9.97 Å². The van der Waals surface area contributed by atoms with E-state index in [1.165, 1.54) is 6.07 Å². The minimum atomic E-state index is -0.662. The topological polar surface area (TPSA) is 118 Å². The van der Waals surface area contributed by atoms with Gasteiger partial charge < -0.3 is 16.0 Å². The Labute approximate surface area is 130 Å². The van der Waals surface area contributed by atoms with Gasteiger partial charge in [-0.2, -0.15) is 4.98 Å². The van der Waals surface area contributed by atoms with Gasteiger partial charge >= 0.3 is 5.69 Å². The number of nitrogens with one attached hydrogen (secondary N) is 2. The summed E-state index contributed by atoms with van der Waals surface area (Å²) in [5.74, 6) is -1.26. The van der Waals surface area contributed by atoms with Crippen LogP contribution in [0.3, 0.4) is 0 Å². The zero-order chi connectivity index (χ0) is 16.4. The van der Waals surface area contributed by atoms with E-state index in [4.69, 9.17) is 5.73 Å². The van der Waals surface area contributed by atoms with Crippen molar-refractivity contribution in [3.05, 3.63) is 70.3 Å². The average Bonchev–Trinajstić information content (AvgIpc) is 2.54. The number of H-pyrrole nitrogens is 1. The number of nitrogens with two attached hydrogens (primary N) is 1. The number of hydrogen-bond acceptors (Lipinski definition) is 4. The second kappa shape index (κ2) is 5.72. The largest absolute Gasteiger partial charge is 0.366 e. The molecule has 0 fully saturated rings. The van der Waals surface area contributed by atoms with E-state index in [1.54, 1.807) is 42.5 Å². The first-order valence-corrected chi connectivity index (χ1v) is 6.75. The number of amides is 2. The number of carbonyl (C=O) groups excluding carboxylic acids is 2. The van der Waals surface area contributed by atoms with Crippen molar-refractivity contribution in [2.75, 3.05) is 5.32 Å². The summed E-state index contributed by atoms with van der Waals surface area (Å²) >= 11 is 0. The van der Waals surface area contributed by atoms with Gasteiger partial charge in [-0.15, -0.1) is 0 Å². The molecule has 0 unspecified atom stereocenters. The summed E-state index contributed by atoms with van der Waals surface area (Å²) in [7, 11) is 0. The van der Waals surface area contributed by atoms with Crippen LogP contribution in [0.1, 0.15) is 20.8 Å². The molecule has 0 bridgehead atoms. The van der Waals surface area contributed by atoms with Crippen molar-refractivity contribution in [3.8, 4) is 0 Å². The Morgan fingerprint density at radius 1 is 1.04 bits per heavy atom. The predicted molar refractivity (Wildman–Crippen MR) is 85.3 cm³/mol. The van der Waals surface area contributed by atoms with E-state index in [1.807, 2.05) is 0 Å². The third kappa shape index (κ3) is 2.80. The first-order chi connectivity index (χ1) is 11.1. The summed E-state index contributed by atoms with van der Waals surface area (Å²) in [6, 6.07) is 13.2. The summed E-state index contributed by atoms with van der Waals surface area (Å²) in [6.45, 7) is 0. The third-order valence-corrected chi connectivity index (χ3v) is 3.29. The standard InChI is InChI=1S/C16H12N4O3/c17-14(21)10-6-2-4-8-12(10)18-15(22)13-9-5-1-3-7-11(9)19-16(23)20-13/h1-8H,(H2,17,21)(H,18,22)(H,19,20,23). The fraction of sp³-hybridized carbons (Fsp3) is 0. The van der Waals surface area contributed by atoms with Crippen LogP contribution in [0.15, 0.2) is 53.3 Å². The first-order valence-electron chi connectivity index (χ1n) is 6.75. The van der Waals surface area contributed by atoms with Crippen LogP contribution < -0.4 is 16.7 Å². The second-order valence-electron chi connectivity index (χ2n) is 4.80. The molecule has 0 saturated carbocycles. The van der Waals surface area contributed by atoms with E-state index in [0.29, 0.717) is 10.9 Å². The Hall–Kier alpha value is -3.48. The molecule has 23 heavy (non-hydrogen) atoms. The monoisotopic (exact) mass is 308 g/mol. The molecule has 7 heteroatoms. The molecule has 0 radical (unpaired) electrons. The molecule has 0 aliphatic heterocycles. The highest BCUT2D eigenvalue weighted by Gasteiger charge is 2.16. The van der Waals surface area contributed by atoms with Gasteiger partial charge in [0.1, 0.15) is 5.69 Å². The number of para-hydroxylation sites is 2. The Morgan fingerprint density at radius 2 is 1.74 bits per heavy atom. The molecule has 0 aliphatic carbocycles. The minimum Gasteiger partial charge on any atom is -0.366 e. The van der Waals surface area contributed by atoms with Gasteiger partial charge in [0.25, 0.3) is 11.8 Å². The Kier molecular flexibility index (Phi) is 3.60. The fourth-order valence-electron chi connectivity index (χ4n) is 2.27. The van der Waals surface area contributed by atoms with Gasteiger partial charge in [0.05, 0.1) is 16.8 Å². The summed E-state index contributed by atoms with van der Waals surface area (Å²) in [4.78, 5) is 41.8. The van der Waals surface area contributed by atoms with Crippen LogP contribution >= 0.6 is 0 Å². The van der Waals surface area contributed by atoms with Crippen LogP contribution in [0.25, 0.3) is 10.9 Å². The van der Waals surface area contributed by atoms with Crippen LogP contribution in [0, 0.1) is 0 Å². The van der Waals surface area contributed by atoms with E-state index in [2.05, 4.69) is 15.3 Å². The number of nitrogens with zero attached hydrogens (tertiary/aromatic N) is 1. The zero-order valence-corrected chi connectivity index (χ0v) is 11.9.